The second kappa shape index (κ2) is 5.82. The lowest BCUT2D eigenvalue weighted by molar-refractivity contribution is 0.0538. The minimum absolute atomic E-state index is 0.0958. The Bertz CT molecular complexity index is 399. The van der Waals surface area contributed by atoms with E-state index >= 15 is 0 Å². The number of carbonyl (C=O) groups is 1. The zero-order valence-corrected chi connectivity index (χ0v) is 10.6. The number of pyridine rings is 1. The van der Waals surface area contributed by atoms with Crippen molar-refractivity contribution in [2.45, 2.75) is 25.8 Å². The lowest BCUT2D eigenvalue weighted by atomic mass is 9.93. The Balaban J connectivity index is 1.91. The summed E-state index contributed by atoms with van der Waals surface area (Å²) in [5.41, 5.74) is 6.03. The fourth-order valence-electron chi connectivity index (χ4n) is 2.16. The smallest absolute Gasteiger partial charge is 0.253 e. The van der Waals surface area contributed by atoms with Crippen LogP contribution in [-0.2, 0) is 4.74 Å². The number of ether oxygens (including phenoxy) is 1. The van der Waals surface area contributed by atoms with Crippen molar-refractivity contribution < 1.29 is 9.53 Å². The maximum Gasteiger partial charge on any atom is 0.253 e. The average molecular weight is 249 g/mol. The Labute approximate surface area is 107 Å². The average Bonchev–Trinajstić information content (AvgIpc) is 2.40. The third-order valence-electron chi connectivity index (χ3n) is 3.38. The molecule has 0 bridgehead atoms. The van der Waals surface area contributed by atoms with Crippen molar-refractivity contribution in [3.8, 4) is 0 Å². The molecular weight excluding hydrogens is 230 g/mol. The molecule has 1 fully saturated rings. The molecule has 2 heterocycles. The van der Waals surface area contributed by atoms with Crippen LogP contribution in [0.15, 0.2) is 18.3 Å². The Hall–Kier alpha value is -1.62. The molecule has 5 heteroatoms. The van der Waals surface area contributed by atoms with Crippen molar-refractivity contribution in [3.63, 3.8) is 0 Å². The Morgan fingerprint density at radius 1 is 1.50 bits per heavy atom. The molecule has 3 N–H and O–H groups in total. The summed E-state index contributed by atoms with van der Waals surface area (Å²) in [7, 11) is 0. The molecule has 5 nitrogen and oxygen atoms in total. The van der Waals surface area contributed by atoms with Crippen molar-refractivity contribution in [2.75, 3.05) is 18.9 Å². The maximum atomic E-state index is 12.0. The molecule has 1 amide bonds. The molecule has 98 valence electrons. The number of hydrogen-bond acceptors (Lipinski definition) is 4. The van der Waals surface area contributed by atoms with Gasteiger partial charge in [-0.05, 0) is 37.8 Å². The van der Waals surface area contributed by atoms with Gasteiger partial charge in [-0.15, -0.1) is 0 Å². The molecule has 1 unspecified atom stereocenters. The zero-order chi connectivity index (χ0) is 13.0. The molecule has 0 saturated carbocycles. The molecule has 1 aromatic rings. The molecule has 1 atom stereocenters. The molecule has 18 heavy (non-hydrogen) atoms. The van der Waals surface area contributed by atoms with E-state index in [1.807, 2.05) is 6.92 Å². The molecule has 2 rings (SSSR count). The summed E-state index contributed by atoms with van der Waals surface area (Å²) in [5.74, 6) is 0.815. The highest BCUT2D eigenvalue weighted by atomic mass is 16.5. The number of rotatable bonds is 3. The minimum Gasteiger partial charge on any atom is -0.384 e. The van der Waals surface area contributed by atoms with Crippen molar-refractivity contribution in [1.82, 2.24) is 10.3 Å². The van der Waals surface area contributed by atoms with Gasteiger partial charge in [0.15, 0.2) is 0 Å². The molecule has 0 aliphatic carbocycles. The van der Waals surface area contributed by atoms with Gasteiger partial charge in [0.05, 0.1) is 5.56 Å². The standard InChI is InChI=1S/C13H19N3O2/c1-9(10-4-6-18-7-5-10)16-13(17)11-2-3-12(14)15-8-11/h2-3,8-10H,4-7H2,1H3,(H2,14,15)(H,16,17). The van der Waals surface area contributed by atoms with Crippen LogP contribution in [0.1, 0.15) is 30.1 Å². The van der Waals surface area contributed by atoms with Gasteiger partial charge in [0.25, 0.3) is 5.91 Å². The topological polar surface area (TPSA) is 77.2 Å². The van der Waals surface area contributed by atoms with Gasteiger partial charge in [0.2, 0.25) is 0 Å². The van der Waals surface area contributed by atoms with Crippen LogP contribution in [0.25, 0.3) is 0 Å². The second-order valence-corrected chi connectivity index (χ2v) is 4.68. The summed E-state index contributed by atoms with van der Waals surface area (Å²) in [6, 6.07) is 3.47. The number of aromatic nitrogens is 1. The molecule has 0 spiro atoms. The van der Waals surface area contributed by atoms with Crippen LogP contribution in [0, 0.1) is 5.92 Å². The van der Waals surface area contributed by atoms with E-state index in [-0.39, 0.29) is 11.9 Å². The van der Waals surface area contributed by atoms with Crippen LogP contribution in [0.5, 0.6) is 0 Å². The third kappa shape index (κ3) is 3.20. The lowest BCUT2D eigenvalue weighted by Crippen LogP contribution is -2.40. The van der Waals surface area contributed by atoms with Crippen LogP contribution < -0.4 is 11.1 Å². The monoisotopic (exact) mass is 249 g/mol. The number of amides is 1. The quantitative estimate of drug-likeness (QED) is 0.844. The Morgan fingerprint density at radius 2 is 2.22 bits per heavy atom. The van der Waals surface area contributed by atoms with E-state index in [4.69, 9.17) is 10.5 Å². The van der Waals surface area contributed by atoms with E-state index in [9.17, 15) is 4.79 Å². The Kier molecular flexibility index (Phi) is 4.15. The summed E-state index contributed by atoms with van der Waals surface area (Å²) in [4.78, 5) is 15.9. The first-order chi connectivity index (χ1) is 8.66. The molecule has 1 saturated heterocycles. The SMILES string of the molecule is CC(NC(=O)c1ccc(N)nc1)C1CCOCC1. The van der Waals surface area contributed by atoms with Crippen LogP contribution in [0.4, 0.5) is 5.82 Å². The highest BCUT2D eigenvalue weighted by Crippen LogP contribution is 2.18. The summed E-state index contributed by atoms with van der Waals surface area (Å²) in [5, 5.41) is 3.01. The van der Waals surface area contributed by atoms with Gasteiger partial charge in [-0.1, -0.05) is 0 Å². The van der Waals surface area contributed by atoms with Gasteiger partial charge in [-0.25, -0.2) is 4.98 Å². The van der Waals surface area contributed by atoms with E-state index in [1.54, 1.807) is 12.1 Å². The zero-order valence-electron chi connectivity index (χ0n) is 10.6. The number of carbonyl (C=O) groups excluding carboxylic acids is 1. The number of nitrogens with two attached hydrogens (primary N) is 1. The summed E-state index contributed by atoms with van der Waals surface area (Å²) in [6.07, 6.45) is 3.50. The van der Waals surface area contributed by atoms with Gasteiger partial charge in [-0.3, -0.25) is 4.79 Å². The van der Waals surface area contributed by atoms with Gasteiger partial charge < -0.3 is 15.8 Å². The van der Waals surface area contributed by atoms with E-state index in [0.29, 0.717) is 17.3 Å². The molecule has 1 aliphatic rings. The normalized spacial score (nSPS) is 18.3. The van der Waals surface area contributed by atoms with E-state index in [2.05, 4.69) is 10.3 Å². The number of hydrogen-bond donors (Lipinski definition) is 2. The molecule has 0 aromatic carbocycles. The van der Waals surface area contributed by atoms with E-state index < -0.39 is 0 Å². The molecule has 0 radical (unpaired) electrons. The predicted molar refractivity (Wildman–Crippen MR) is 69.1 cm³/mol. The van der Waals surface area contributed by atoms with Crippen molar-refractivity contribution >= 4 is 11.7 Å². The number of nitrogens with one attached hydrogen (secondary N) is 1. The van der Waals surface area contributed by atoms with E-state index in [0.717, 1.165) is 26.1 Å². The highest BCUT2D eigenvalue weighted by molar-refractivity contribution is 5.94. The van der Waals surface area contributed by atoms with Gasteiger partial charge in [-0.2, -0.15) is 0 Å². The highest BCUT2D eigenvalue weighted by Gasteiger charge is 2.22. The predicted octanol–water partition coefficient (Wildman–Crippen LogP) is 1.21. The first-order valence-electron chi connectivity index (χ1n) is 6.27. The van der Waals surface area contributed by atoms with Gasteiger partial charge in [0.1, 0.15) is 5.82 Å². The maximum absolute atomic E-state index is 12.0. The summed E-state index contributed by atoms with van der Waals surface area (Å²) >= 11 is 0. The molecule has 1 aromatic heterocycles. The van der Waals surface area contributed by atoms with Crippen molar-refractivity contribution in [2.24, 2.45) is 5.92 Å². The fraction of sp³-hybridized carbons (Fsp3) is 0.538. The molecular formula is C13H19N3O2. The van der Waals surface area contributed by atoms with E-state index in [1.165, 1.54) is 6.20 Å². The first-order valence-corrected chi connectivity index (χ1v) is 6.27. The van der Waals surface area contributed by atoms with Crippen molar-refractivity contribution in [1.29, 1.82) is 0 Å². The minimum atomic E-state index is -0.0958. The second-order valence-electron chi connectivity index (χ2n) is 4.68. The summed E-state index contributed by atoms with van der Waals surface area (Å²) < 4.78 is 5.32. The van der Waals surface area contributed by atoms with Crippen LogP contribution >= 0.6 is 0 Å². The number of nitrogen functional groups attached to an aromatic ring is 1. The lowest BCUT2D eigenvalue weighted by Gasteiger charge is -2.28. The first kappa shape index (κ1) is 12.8. The Morgan fingerprint density at radius 3 is 2.83 bits per heavy atom. The van der Waals surface area contributed by atoms with Crippen LogP contribution in [-0.4, -0.2) is 30.1 Å². The van der Waals surface area contributed by atoms with Crippen molar-refractivity contribution in [3.05, 3.63) is 23.9 Å². The third-order valence-corrected chi connectivity index (χ3v) is 3.38. The summed E-state index contributed by atoms with van der Waals surface area (Å²) in [6.45, 7) is 3.61. The number of nitrogens with zero attached hydrogens (tertiary/aromatic N) is 1. The van der Waals surface area contributed by atoms with Crippen LogP contribution in [0.3, 0.4) is 0 Å². The largest absolute Gasteiger partial charge is 0.384 e. The van der Waals surface area contributed by atoms with Crippen LogP contribution in [0.2, 0.25) is 0 Å². The van der Waals surface area contributed by atoms with Gasteiger partial charge in [0, 0.05) is 25.5 Å². The molecule has 1 aliphatic heterocycles. The number of anilines is 1. The fourth-order valence-corrected chi connectivity index (χ4v) is 2.16. The van der Waals surface area contributed by atoms with Gasteiger partial charge >= 0.3 is 0 Å².